The van der Waals surface area contributed by atoms with E-state index in [0.717, 1.165) is 0 Å². The number of hydrogen-bond donors (Lipinski definition) is 1. The maximum atomic E-state index is 11.8. The molecule has 0 saturated carbocycles. The van der Waals surface area contributed by atoms with Crippen molar-refractivity contribution < 1.29 is 27.7 Å². The molecular formula is C7H9F3N2O4. The number of nitro groups is 1. The van der Waals surface area contributed by atoms with E-state index >= 15 is 0 Å². The molecule has 0 heterocycles. The van der Waals surface area contributed by atoms with E-state index < -0.39 is 35.5 Å². The topological polar surface area (TPSA) is 89.3 Å². The predicted octanol–water partition coefficient (Wildman–Crippen LogP) is 0.145. The van der Waals surface area contributed by atoms with Crippen molar-refractivity contribution in [1.29, 1.82) is 0 Å². The van der Waals surface area contributed by atoms with Gasteiger partial charge in [0.05, 0.1) is 0 Å². The summed E-state index contributed by atoms with van der Waals surface area (Å²) < 4.78 is 35.5. The van der Waals surface area contributed by atoms with Crippen LogP contribution >= 0.6 is 0 Å². The number of carbonyl (C=O) groups excluding carboxylic acids is 2. The van der Waals surface area contributed by atoms with Crippen LogP contribution < -0.4 is 5.32 Å². The highest BCUT2D eigenvalue weighted by Crippen LogP contribution is 2.15. The number of halogens is 3. The van der Waals surface area contributed by atoms with Crippen molar-refractivity contribution in [1.82, 2.24) is 5.32 Å². The van der Waals surface area contributed by atoms with E-state index in [1.807, 2.05) is 0 Å². The van der Waals surface area contributed by atoms with Crippen LogP contribution in [0.4, 0.5) is 13.2 Å². The van der Waals surface area contributed by atoms with Gasteiger partial charge in [0.15, 0.2) is 0 Å². The summed E-state index contributed by atoms with van der Waals surface area (Å²) in [7, 11) is 0. The fourth-order valence-corrected chi connectivity index (χ4v) is 0.849. The van der Waals surface area contributed by atoms with Crippen molar-refractivity contribution >= 4 is 12.2 Å². The summed E-state index contributed by atoms with van der Waals surface area (Å²) >= 11 is 0. The lowest BCUT2D eigenvalue weighted by Gasteiger charge is -2.18. The molecule has 0 aromatic rings. The highest BCUT2D eigenvalue weighted by atomic mass is 19.4. The zero-order chi connectivity index (χ0) is 12.9. The van der Waals surface area contributed by atoms with E-state index in [-0.39, 0.29) is 6.29 Å². The van der Waals surface area contributed by atoms with Crippen LogP contribution in [0.5, 0.6) is 0 Å². The Balaban J connectivity index is 4.61. The van der Waals surface area contributed by atoms with Gasteiger partial charge in [-0.05, 0) is 0 Å². The summed E-state index contributed by atoms with van der Waals surface area (Å²) in [6.45, 7) is 0.236. The maximum absolute atomic E-state index is 11.8. The molecule has 0 radical (unpaired) electrons. The van der Waals surface area contributed by atoms with Gasteiger partial charge in [0.25, 0.3) is 0 Å². The van der Waals surface area contributed by atoms with E-state index in [4.69, 9.17) is 0 Å². The van der Waals surface area contributed by atoms with Crippen molar-refractivity contribution in [2.45, 2.75) is 19.1 Å². The molecule has 92 valence electrons. The molecule has 0 aliphatic carbocycles. The highest BCUT2D eigenvalue weighted by molar-refractivity contribution is 5.82. The quantitative estimate of drug-likeness (QED) is 0.422. The molecule has 0 aromatic heterocycles. The molecule has 1 amide bonds. The molecule has 0 spiro atoms. The number of aldehydes is 1. The monoisotopic (exact) mass is 242 g/mol. The lowest BCUT2D eigenvalue weighted by Crippen LogP contribution is -2.49. The lowest BCUT2D eigenvalue weighted by atomic mass is 10.0. The van der Waals surface area contributed by atoms with Crippen molar-refractivity contribution in [3.05, 3.63) is 10.1 Å². The van der Waals surface area contributed by atoms with Crippen LogP contribution in [0.1, 0.15) is 6.92 Å². The smallest absolute Gasteiger partial charge is 0.338 e. The van der Waals surface area contributed by atoms with Crippen LogP contribution in [-0.4, -0.2) is 35.9 Å². The molecule has 0 fully saturated rings. The van der Waals surface area contributed by atoms with Gasteiger partial charge in [-0.3, -0.25) is 14.9 Å². The minimum Gasteiger partial charge on any atom is -0.338 e. The number of alkyl halides is 3. The Kier molecular flexibility index (Phi) is 4.86. The Bertz CT molecular complexity index is 292. The molecule has 0 aliphatic rings. The maximum Gasteiger partial charge on any atom is 0.471 e. The average molecular weight is 242 g/mol. The van der Waals surface area contributed by atoms with E-state index in [9.17, 15) is 32.9 Å². The predicted molar refractivity (Wildman–Crippen MR) is 45.1 cm³/mol. The van der Waals surface area contributed by atoms with Crippen LogP contribution in [0.2, 0.25) is 0 Å². The van der Waals surface area contributed by atoms with Gasteiger partial charge >= 0.3 is 12.1 Å². The highest BCUT2D eigenvalue weighted by Gasteiger charge is 2.41. The Morgan fingerprint density at radius 1 is 1.56 bits per heavy atom. The largest absolute Gasteiger partial charge is 0.471 e. The van der Waals surface area contributed by atoms with E-state index in [0.29, 0.717) is 0 Å². The molecule has 0 aromatic carbocycles. The fourth-order valence-electron chi connectivity index (χ4n) is 0.849. The third-order valence-electron chi connectivity index (χ3n) is 1.77. The number of carbonyl (C=O) groups is 2. The zero-order valence-corrected chi connectivity index (χ0v) is 8.15. The molecule has 2 atom stereocenters. The van der Waals surface area contributed by atoms with E-state index in [2.05, 4.69) is 0 Å². The van der Waals surface area contributed by atoms with Crippen LogP contribution in [0.25, 0.3) is 0 Å². The number of amides is 1. The van der Waals surface area contributed by atoms with Gasteiger partial charge < -0.3 is 10.1 Å². The third kappa shape index (κ3) is 4.71. The molecule has 1 N–H and O–H groups in total. The van der Waals surface area contributed by atoms with E-state index in [1.165, 1.54) is 12.2 Å². The second-order valence-corrected chi connectivity index (χ2v) is 3.09. The van der Waals surface area contributed by atoms with Gasteiger partial charge in [-0.1, -0.05) is 6.92 Å². The number of hydrogen-bond acceptors (Lipinski definition) is 4. The Morgan fingerprint density at radius 3 is 2.38 bits per heavy atom. The Morgan fingerprint density at radius 2 is 2.06 bits per heavy atom. The van der Waals surface area contributed by atoms with Gasteiger partial charge in [-0.2, -0.15) is 13.2 Å². The summed E-state index contributed by atoms with van der Waals surface area (Å²) in [6, 6.07) is -1.47. The van der Waals surface area contributed by atoms with Crippen LogP contribution in [-0.2, 0) is 9.59 Å². The first kappa shape index (κ1) is 14.3. The molecule has 0 bridgehead atoms. The molecule has 9 heteroatoms. The summed E-state index contributed by atoms with van der Waals surface area (Å²) in [5.41, 5.74) is 0. The van der Waals surface area contributed by atoms with Crippen molar-refractivity contribution in [2.75, 3.05) is 6.54 Å². The minimum atomic E-state index is -5.13. The van der Waals surface area contributed by atoms with Gasteiger partial charge in [-0.25, -0.2) is 0 Å². The molecule has 6 nitrogen and oxygen atoms in total. The fraction of sp³-hybridized carbons (Fsp3) is 0.714. The van der Waals surface area contributed by atoms with Gasteiger partial charge in [0.1, 0.15) is 12.3 Å². The number of nitrogens with one attached hydrogen (secondary N) is 1. The minimum absolute atomic E-state index is 0.241. The Labute approximate surface area is 88.0 Å². The molecule has 0 unspecified atom stereocenters. The zero-order valence-electron chi connectivity index (χ0n) is 8.15. The first-order valence-electron chi connectivity index (χ1n) is 4.13. The van der Waals surface area contributed by atoms with Gasteiger partial charge in [-0.15, -0.1) is 0 Å². The SMILES string of the molecule is C[C@H](C=O)[C@@H](C[N+](=O)[O-])NC(=O)C(F)(F)F. The number of rotatable bonds is 5. The lowest BCUT2D eigenvalue weighted by molar-refractivity contribution is -0.484. The summed E-state index contributed by atoms with van der Waals surface area (Å²) in [5, 5.41) is 11.5. The van der Waals surface area contributed by atoms with Crippen molar-refractivity contribution in [3.63, 3.8) is 0 Å². The van der Waals surface area contributed by atoms with Crippen molar-refractivity contribution in [2.24, 2.45) is 5.92 Å². The van der Waals surface area contributed by atoms with Crippen molar-refractivity contribution in [3.8, 4) is 0 Å². The summed E-state index contributed by atoms with van der Waals surface area (Å²) in [6.07, 6.45) is -4.89. The van der Waals surface area contributed by atoms with Crippen LogP contribution in [0, 0.1) is 16.0 Å². The van der Waals surface area contributed by atoms with Gasteiger partial charge in [0.2, 0.25) is 6.54 Å². The number of nitrogens with zero attached hydrogens (tertiary/aromatic N) is 1. The normalized spacial score (nSPS) is 15.0. The molecule has 0 aliphatic heterocycles. The van der Waals surface area contributed by atoms with Gasteiger partial charge in [0, 0.05) is 10.8 Å². The third-order valence-corrected chi connectivity index (χ3v) is 1.77. The first-order valence-corrected chi connectivity index (χ1v) is 4.13. The summed E-state index contributed by atoms with van der Waals surface area (Å²) in [5.74, 6) is -3.37. The van der Waals surface area contributed by atoms with Crippen LogP contribution in [0.3, 0.4) is 0 Å². The second kappa shape index (κ2) is 5.42. The Hall–Kier alpha value is -1.67. The molecular weight excluding hydrogens is 233 g/mol. The molecule has 16 heavy (non-hydrogen) atoms. The van der Waals surface area contributed by atoms with E-state index in [1.54, 1.807) is 0 Å². The molecule has 0 saturated heterocycles. The standard InChI is InChI=1S/C7H9F3N2O4/c1-4(3-13)5(2-12(15)16)11-6(14)7(8,9)10/h3-5H,2H2,1H3,(H,11,14)/t4-,5-/m1/s1. The average Bonchev–Trinajstić information content (AvgIpc) is 2.13. The molecule has 0 rings (SSSR count). The second-order valence-electron chi connectivity index (χ2n) is 3.09. The first-order chi connectivity index (χ1) is 7.18. The van der Waals surface area contributed by atoms with Crippen LogP contribution in [0.15, 0.2) is 0 Å². The summed E-state index contributed by atoms with van der Waals surface area (Å²) in [4.78, 5) is 30.0.